The Kier molecular flexibility index (Phi) is 3.58. The molecule has 1 atom stereocenters. The summed E-state index contributed by atoms with van der Waals surface area (Å²) in [5.41, 5.74) is -0.0449. The highest BCUT2D eigenvalue weighted by Gasteiger charge is 2.40. The summed E-state index contributed by atoms with van der Waals surface area (Å²) < 4.78 is 36.8. The summed E-state index contributed by atoms with van der Waals surface area (Å²) in [6, 6.07) is 3.50. The summed E-state index contributed by atoms with van der Waals surface area (Å²) in [6.07, 6.45) is 1.22. The van der Waals surface area contributed by atoms with Gasteiger partial charge < -0.3 is 4.57 Å². The highest BCUT2D eigenvalue weighted by atomic mass is 32.3. The van der Waals surface area contributed by atoms with Crippen LogP contribution in [0.2, 0.25) is 0 Å². The van der Waals surface area contributed by atoms with Crippen LogP contribution in [-0.4, -0.2) is 30.7 Å². The molecule has 1 amide bonds. The summed E-state index contributed by atoms with van der Waals surface area (Å²) >= 11 is 0. The Morgan fingerprint density at radius 3 is 2.48 bits per heavy atom. The minimum absolute atomic E-state index is 0.234. The Hall–Kier alpha value is -1.88. The van der Waals surface area contributed by atoms with Gasteiger partial charge in [0.1, 0.15) is 17.1 Å². The average molecular weight is 313 g/mol. The fourth-order valence-corrected chi connectivity index (χ4v) is 3.01. The predicted molar refractivity (Wildman–Crippen MR) is 74.9 cm³/mol. The van der Waals surface area contributed by atoms with E-state index in [4.69, 9.17) is 5.26 Å². The minimum atomic E-state index is -4.76. The lowest BCUT2D eigenvalue weighted by molar-refractivity contribution is -0.117. The first kappa shape index (κ1) is 15.5. The number of carbonyl (C=O) groups excluding carboxylic acids is 1. The maximum Gasteiger partial charge on any atom is 0.307 e. The highest BCUT2D eigenvalue weighted by Crippen LogP contribution is 2.31. The zero-order valence-corrected chi connectivity index (χ0v) is 12.8. The topological polar surface area (TPSA) is 83.2 Å². The number of carbonyl (C=O) groups is 1. The first-order chi connectivity index (χ1) is 9.54. The van der Waals surface area contributed by atoms with E-state index in [0.29, 0.717) is 11.4 Å². The van der Waals surface area contributed by atoms with Crippen molar-refractivity contribution >= 4 is 21.9 Å². The van der Waals surface area contributed by atoms with Crippen molar-refractivity contribution < 1.29 is 17.1 Å². The second-order valence-corrected chi connectivity index (χ2v) is 7.66. The Balaban J connectivity index is 2.46. The second-order valence-electron chi connectivity index (χ2n) is 6.05. The standard InChI is InChI=1S/C13H16FN3O3S/c1-13(2,3)17-7-9(6-15)4-11(17)16-8-10(5-12(16)18)21(14,19)20/h4,7,10H,5,8H2,1-3H3. The van der Waals surface area contributed by atoms with Gasteiger partial charge in [-0.05, 0) is 26.8 Å². The zero-order valence-electron chi connectivity index (χ0n) is 12.0. The number of nitrogens with zero attached hydrogens (tertiary/aromatic N) is 3. The molecule has 114 valence electrons. The molecule has 0 bridgehead atoms. The molecule has 21 heavy (non-hydrogen) atoms. The smallest absolute Gasteiger partial charge is 0.307 e. The van der Waals surface area contributed by atoms with Gasteiger partial charge in [-0.25, -0.2) is 0 Å². The van der Waals surface area contributed by atoms with E-state index in [-0.39, 0.29) is 13.0 Å². The van der Waals surface area contributed by atoms with E-state index < -0.39 is 26.9 Å². The summed E-state index contributed by atoms with van der Waals surface area (Å²) in [6.45, 7) is 5.44. The summed E-state index contributed by atoms with van der Waals surface area (Å²) in [5, 5.41) is 7.66. The van der Waals surface area contributed by atoms with Gasteiger partial charge in [-0.2, -0.15) is 13.7 Å². The third-order valence-electron chi connectivity index (χ3n) is 3.42. The zero-order chi connectivity index (χ0) is 16.0. The molecule has 0 spiro atoms. The van der Waals surface area contributed by atoms with Gasteiger partial charge in [0.25, 0.3) is 0 Å². The number of halogens is 1. The molecule has 6 nitrogen and oxygen atoms in total. The fraction of sp³-hybridized carbons (Fsp3) is 0.538. The lowest BCUT2D eigenvalue weighted by Crippen LogP contribution is -2.32. The Labute approximate surface area is 123 Å². The van der Waals surface area contributed by atoms with E-state index in [2.05, 4.69) is 0 Å². The van der Waals surface area contributed by atoms with Crippen LogP contribution in [0.3, 0.4) is 0 Å². The summed E-state index contributed by atoms with van der Waals surface area (Å²) in [5.74, 6) is -0.0514. The van der Waals surface area contributed by atoms with E-state index in [9.17, 15) is 17.1 Å². The molecule has 1 aliphatic rings. The van der Waals surface area contributed by atoms with Crippen molar-refractivity contribution in [2.75, 3.05) is 11.4 Å². The number of rotatable bonds is 2. The molecular formula is C13H16FN3O3S. The number of amides is 1. The maximum atomic E-state index is 13.1. The summed E-state index contributed by atoms with van der Waals surface area (Å²) in [7, 11) is -4.76. The molecule has 1 unspecified atom stereocenters. The minimum Gasteiger partial charge on any atom is -0.328 e. The van der Waals surface area contributed by atoms with Crippen molar-refractivity contribution in [3.8, 4) is 6.07 Å². The van der Waals surface area contributed by atoms with Crippen LogP contribution in [-0.2, 0) is 20.6 Å². The van der Waals surface area contributed by atoms with Gasteiger partial charge in [-0.1, -0.05) is 0 Å². The van der Waals surface area contributed by atoms with E-state index in [1.807, 2.05) is 26.8 Å². The molecule has 1 aromatic rings. The van der Waals surface area contributed by atoms with E-state index in [1.54, 1.807) is 10.8 Å². The van der Waals surface area contributed by atoms with Crippen LogP contribution in [0, 0.1) is 11.3 Å². The molecule has 2 rings (SSSR count). The van der Waals surface area contributed by atoms with Crippen molar-refractivity contribution in [3.63, 3.8) is 0 Å². The van der Waals surface area contributed by atoms with Gasteiger partial charge in [0.05, 0.1) is 5.56 Å². The van der Waals surface area contributed by atoms with Crippen molar-refractivity contribution in [2.45, 2.75) is 38.0 Å². The van der Waals surface area contributed by atoms with Crippen LogP contribution in [0.5, 0.6) is 0 Å². The van der Waals surface area contributed by atoms with Crippen molar-refractivity contribution in [2.24, 2.45) is 0 Å². The fourth-order valence-electron chi connectivity index (χ4n) is 2.34. The Morgan fingerprint density at radius 1 is 1.43 bits per heavy atom. The van der Waals surface area contributed by atoms with Gasteiger partial charge in [0.2, 0.25) is 5.91 Å². The molecule has 8 heteroatoms. The van der Waals surface area contributed by atoms with Gasteiger partial charge >= 0.3 is 10.2 Å². The molecule has 0 radical (unpaired) electrons. The highest BCUT2D eigenvalue weighted by molar-refractivity contribution is 7.87. The molecule has 1 aliphatic heterocycles. The van der Waals surface area contributed by atoms with Crippen LogP contribution in [0.25, 0.3) is 0 Å². The van der Waals surface area contributed by atoms with Crippen LogP contribution in [0.4, 0.5) is 9.70 Å². The first-order valence-corrected chi connectivity index (χ1v) is 7.85. The third kappa shape index (κ3) is 2.93. The predicted octanol–water partition coefficient (Wildman–Crippen LogP) is 1.52. The lowest BCUT2D eigenvalue weighted by atomic mass is 10.1. The van der Waals surface area contributed by atoms with E-state index in [1.165, 1.54) is 11.0 Å². The second kappa shape index (κ2) is 4.84. The number of nitriles is 1. The largest absolute Gasteiger partial charge is 0.328 e. The molecule has 0 saturated carbocycles. The number of aromatic nitrogens is 1. The number of hydrogen-bond donors (Lipinski definition) is 0. The van der Waals surface area contributed by atoms with Gasteiger partial charge in [0.15, 0.2) is 0 Å². The molecule has 1 aromatic heterocycles. The van der Waals surface area contributed by atoms with Crippen LogP contribution in [0.1, 0.15) is 32.8 Å². The maximum absolute atomic E-state index is 13.1. The molecule has 0 aromatic carbocycles. The average Bonchev–Trinajstić information content (AvgIpc) is 2.90. The van der Waals surface area contributed by atoms with Gasteiger partial charge in [0, 0.05) is 24.7 Å². The molecule has 1 fully saturated rings. The SMILES string of the molecule is CC(C)(C)n1cc(C#N)cc1N1CC(S(=O)(=O)F)CC1=O. The number of hydrogen-bond acceptors (Lipinski definition) is 4. The quantitative estimate of drug-likeness (QED) is 0.775. The normalized spacial score (nSPS) is 19.9. The lowest BCUT2D eigenvalue weighted by Gasteiger charge is -2.28. The van der Waals surface area contributed by atoms with Gasteiger partial charge in [-0.15, -0.1) is 3.89 Å². The molecule has 1 saturated heterocycles. The Bertz CT molecular complexity index is 725. The molecular weight excluding hydrogens is 297 g/mol. The molecule has 2 heterocycles. The van der Waals surface area contributed by atoms with Crippen molar-refractivity contribution in [1.29, 1.82) is 5.26 Å². The van der Waals surface area contributed by atoms with E-state index in [0.717, 1.165) is 0 Å². The summed E-state index contributed by atoms with van der Waals surface area (Å²) in [4.78, 5) is 13.2. The van der Waals surface area contributed by atoms with Crippen molar-refractivity contribution in [1.82, 2.24) is 4.57 Å². The van der Waals surface area contributed by atoms with Crippen LogP contribution >= 0.6 is 0 Å². The monoisotopic (exact) mass is 313 g/mol. The molecule has 0 N–H and O–H groups in total. The Morgan fingerprint density at radius 2 is 2.05 bits per heavy atom. The molecule has 0 aliphatic carbocycles. The van der Waals surface area contributed by atoms with E-state index >= 15 is 0 Å². The van der Waals surface area contributed by atoms with Gasteiger partial charge in [-0.3, -0.25) is 9.69 Å². The van der Waals surface area contributed by atoms with Crippen LogP contribution in [0.15, 0.2) is 12.3 Å². The first-order valence-electron chi connectivity index (χ1n) is 6.41. The third-order valence-corrected chi connectivity index (χ3v) is 4.53. The van der Waals surface area contributed by atoms with Crippen molar-refractivity contribution in [3.05, 3.63) is 17.8 Å². The number of anilines is 1. The van der Waals surface area contributed by atoms with Crippen LogP contribution < -0.4 is 4.90 Å².